The van der Waals surface area contributed by atoms with E-state index >= 15 is 0 Å². The minimum absolute atomic E-state index is 0.00568. The number of halogens is 1. The Morgan fingerprint density at radius 2 is 1.86 bits per heavy atom. The summed E-state index contributed by atoms with van der Waals surface area (Å²) in [6, 6.07) is 16.5. The zero-order valence-corrected chi connectivity index (χ0v) is 16.6. The number of aryl methyl sites for hydroxylation is 1. The second-order valence-corrected chi connectivity index (χ2v) is 8.39. The third-order valence-corrected chi connectivity index (χ3v) is 5.93. The molecule has 3 aromatic rings. The molecule has 3 rings (SSSR count). The summed E-state index contributed by atoms with van der Waals surface area (Å²) >= 11 is 5.93. The largest absolute Gasteiger partial charge is 0.324 e. The first-order chi connectivity index (χ1) is 13.4. The highest BCUT2D eigenvalue weighted by Gasteiger charge is 2.27. The summed E-state index contributed by atoms with van der Waals surface area (Å²) in [5.41, 5.74) is 1.85. The van der Waals surface area contributed by atoms with Gasteiger partial charge < -0.3 is 5.32 Å². The lowest BCUT2D eigenvalue weighted by atomic mass is 10.2. The first-order valence-electron chi connectivity index (χ1n) is 8.41. The molecule has 8 heteroatoms. The van der Waals surface area contributed by atoms with Crippen molar-refractivity contribution >= 4 is 38.9 Å². The second kappa shape index (κ2) is 8.41. The van der Waals surface area contributed by atoms with E-state index in [1.54, 1.807) is 48.5 Å². The number of rotatable bonds is 6. The van der Waals surface area contributed by atoms with Gasteiger partial charge in [0.05, 0.1) is 5.69 Å². The van der Waals surface area contributed by atoms with Gasteiger partial charge in [0.15, 0.2) is 0 Å². The summed E-state index contributed by atoms with van der Waals surface area (Å²) in [7, 11) is -3.98. The van der Waals surface area contributed by atoms with Gasteiger partial charge in [-0.2, -0.15) is 0 Å². The van der Waals surface area contributed by atoms with E-state index in [1.165, 1.54) is 24.5 Å². The number of amides is 1. The van der Waals surface area contributed by atoms with Crippen LogP contribution in [0.5, 0.6) is 0 Å². The lowest BCUT2D eigenvalue weighted by molar-refractivity contribution is -0.114. The van der Waals surface area contributed by atoms with E-state index in [0.29, 0.717) is 16.4 Å². The van der Waals surface area contributed by atoms with E-state index in [1.807, 2.05) is 6.92 Å². The van der Waals surface area contributed by atoms with Crippen molar-refractivity contribution in [2.75, 3.05) is 16.2 Å². The van der Waals surface area contributed by atoms with Gasteiger partial charge in [0.25, 0.3) is 10.0 Å². The maximum Gasteiger partial charge on any atom is 0.266 e. The first kappa shape index (κ1) is 19.9. The lowest BCUT2D eigenvalue weighted by Gasteiger charge is -2.24. The lowest BCUT2D eigenvalue weighted by Crippen LogP contribution is -2.38. The summed E-state index contributed by atoms with van der Waals surface area (Å²) in [6.45, 7) is 1.50. The molecular weight excluding hydrogens is 398 g/mol. The van der Waals surface area contributed by atoms with Gasteiger partial charge in [-0.15, -0.1) is 0 Å². The van der Waals surface area contributed by atoms with E-state index in [0.717, 1.165) is 9.87 Å². The molecule has 1 N–H and O–H groups in total. The van der Waals surface area contributed by atoms with Gasteiger partial charge in [0.2, 0.25) is 5.91 Å². The minimum atomic E-state index is -3.98. The van der Waals surface area contributed by atoms with Crippen LogP contribution in [0.25, 0.3) is 0 Å². The number of hydrogen-bond donors (Lipinski definition) is 1. The molecule has 144 valence electrons. The van der Waals surface area contributed by atoms with Crippen LogP contribution in [0.3, 0.4) is 0 Å². The molecular formula is C20H18ClN3O3S. The molecule has 0 unspecified atom stereocenters. The van der Waals surface area contributed by atoms with Crippen molar-refractivity contribution in [2.45, 2.75) is 11.8 Å². The standard InChI is InChI=1S/C20H18ClN3O3S/c1-15-7-9-18(10-8-15)24(28(26,27)19-6-3-11-22-13-19)14-20(25)23-17-5-2-4-16(21)12-17/h2-13H,14H2,1H3,(H,23,25). The number of nitrogens with one attached hydrogen (secondary N) is 1. The molecule has 0 saturated carbocycles. The number of hydrogen-bond acceptors (Lipinski definition) is 4. The minimum Gasteiger partial charge on any atom is -0.324 e. The summed E-state index contributed by atoms with van der Waals surface area (Å²) in [6.07, 6.45) is 2.74. The molecule has 1 amide bonds. The molecule has 28 heavy (non-hydrogen) atoms. The molecule has 0 fully saturated rings. The molecule has 0 aliphatic carbocycles. The fourth-order valence-corrected chi connectivity index (χ4v) is 4.13. The van der Waals surface area contributed by atoms with Gasteiger partial charge in [-0.3, -0.25) is 14.1 Å². The maximum atomic E-state index is 13.1. The molecule has 0 aliphatic heterocycles. The van der Waals surface area contributed by atoms with Crippen molar-refractivity contribution in [3.05, 3.63) is 83.6 Å². The zero-order valence-electron chi connectivity index (χ0n) is 15.0. The van der Waals surface area contributed by atoms with Crippen LogP contribution in [0.1, 0.15) is 5.56 Å². The van der Waals surface area contributed by atoms with Crippen molar-refractivity contribution in [2.24, 2.45) is 0 Å². The smallest absolute Gasteiger partial charge is 0.266 e. The highest BCUT2D eigenvalue weighted by molar-refractivity contribution is 7.92. The summed E-state index contributed by atoms with van der Waals surface area (Å²) in [5.74, 6) is -0.490. The predicted octanol–water partition coefficient (Wildman–Crippen LogP) is 3.88. The highest BCUT2D eigenvalue weighted by atomic mass is 35.5. The zero-order chi connectivity index (χ0) is 20.1. The van der Waals surface area contributed by atoms with Crippen LogP contribution in [-0.2, 0) is 14.8 Å². The van der Waals surface area contributed by atoms with E-state index in [9.17, 15) is 13.2 Å². The van der Waals surface area contributed by atoms with Gasteiger partial charge in [-0.1, -0.05) is 35.4 Å². The fraction of sp³-hybridized carbons (Fsp3) is 0.100. The van der Waals surface area contributed by atoms with E-state index in [-0.39, 0.29) is 4.90 Å². The Hall–Kier alpha value is -2.90. The van der Waals surface area contributed by atoms with Crippen molar-refractivity contribution in [3.63, 3.8) is 0 Å². The van der Waals surface area contributed by atoms with Crippen LogP contribution >= 0.6 is 11.6 Å². The van der Waals surface area contributed by atoms with Crippen LogP contribution in [0.4, 0.5) is 11.4 Å². The second-order valence-electron chi connectivity index (χ2n) is 6.09. The Morgan fingerprint density at radius 3 is 2.50 bits per heavy atom. The van der Waals surface area contributed by atoms with Crippen LogP contribution < -0.4 is 9.62 Å². The number of nitrogens with zero attached hydrogens (tertiary/aromatic N) is 2. The third-order valence-electron chi connectivity index (χ3n) is 3.94. The number of carbonyl (C=O) groups excluding carboxylic acids is 1. The van der Waals surface area contributed by atoms with Crippen LogP contribution in [0.2, 0.25) is 5.02 Å². The summed E-state index contributed by atoms with van der Waals surface area (Å²) in [4.78, 5) is 16.5. The Labute approximate surface area is 168 Å². The average Bonchev–Trinajstić information content (AvgIpc) is 2.67. The van der Waals surface area contributed by atoms with Crippen molar-refractivity contribution in [1.82, 2.24) is 4.98 Å². The predicted molar refractivity (Wildman–Crippen MR) is 110 cm³/mol. The third kappa shape index (κ3) is 4.68. The number of anilines is 2. The maximum absolute atomic E-state index is 13.1. The molecule has 0 aliphatic rings. The van der Waals surface area contributed by atoms with Crippen molar-refractivity contribution in [3.8, 4) is 0 Å². The van der Waals surface area contributed by atoms with Crippen molar-refractivity contribution in [1.29, 1.82) is 0 Å². The number of aromatic nitrogens is 1. The summed E-state index contributed by atoms with van der Waals surface area (Å²) in [5, 5.41) is 3.14. The first-order valence-corrected chi connectivity index (χ1v) is 10.2. The molecule has 0 atom stereocenters. The Balaban J connectivity index is 1.92. The molecule has 2 aromatic carbocycles. The highest BCUT2D eigenvalue weighted by Crippen LogP contribution is 2.24. The number of pyridine rings is 1. The van der Waals surface area contributed by atoms with Gasteiger partial charge in [0, 0.05) is 23.1 Å². The normalized spacial score (nSPS) is 11.1. The van der Waals surface area contributed by atoms with E-state index < -0.39 is 22.5 Å². The van der Waals surface area contributed by atoms with Crippen molar-refractivity contribution < 1.29 is 13.2 Å². The monoisotopic (exact) mass is 415 g/mol. The van der Waals surface area contributed by atoms with E-state index in [2.05, 4.69) is 10.3 Å². The van der Waals surface area contributed by atoms with Crippen LogP contribution in [0.15, 0.2) is 78.0 Å². The molecule has 0 saturated heterocycles. The fourth-order valence-electron chi connectivity index (χ4n) is 2.55. The summed E-state index contributed by atoms with van der Waals surface area (Å²) < 4.78 is 27.3. The van der Waals surface area contributed by atoms with Gasteiger partial charge >= 0.3 is 0 Å². The van der Waals surface area contributed by atoms with Gasteiger partial charge in [0.1, 0.15) is 11.4 Å². The molecule has 6 nitrogen and oxygen atoms in total. The Morgan fingerprint density at radius 1 is 1.11 bits per heavy atom. The molecule has 1 aromatic heterocycles. The Kier molecular flexibility index (Phi) is 5.96. The topological polar surface area (TPSA) is 79.4 Å². The molecule has 0 spiro atoms. The molecule has 1 heterocycles. The quantitative estimate of drug-likeness (QED) is 0.662. The number of benzene rings is 2. The van der Waals surface area contributed by atoms with Gasteiger partial charge in [-0.05, 0) is 49.4 Å². The van der Waals surface area contributed by atoms with Gasteiger partial charge in [-0.25, -0.2) is 8.42 Å². The number of sulfonamides is 1. The molecule has 0 radical (unpaired) electrons. The molecule has 0 bridgehead atoms. The van der Waals surface area contributed by atoms with E-state index in [4.69, 9.17) is 11.6 Å². The van der Waals surface area contributed by atoms with Crippen LogP contribution in [0, 0.1) is 6.92 Å². The average molecular weight is 416 g/mol. The van der Waals surface area contributed by atoms with Crippen LogP contribution in [-0.4, -0.2) is 25.9 Å². The Bertz CT molecular complexity index is 1070. The number of carbonyl (C=O) groups is 1. The SMILES string of the molecule is Cc1ccc(N(CC(=O)Nc2cccc(Cl)c2)S(=O)(=O)c2cccnc2)cc1.